The number of rotatable bonds is 2. The van der Waals surface area contributed by atoms with Crippen LogP contribution in [-0.4, -0.2) is 0 Å². The minimum absolute atomic E-state index is 0.0871. The minimum Gasteiger partial charge on any atom is -0.443 e. The topological polar surface area (TPSA) is 29.1 Å². The molecule has 0 aliphatic heterocycles. The molecule has 1 aromatic heterocycles. The number of ether oxygens (including phenoxy) is 1. The van der Waals surface area contributed by atoms with Gasteiger partial charge in [-0.2, -0.15) is 0 Å². The quantitative estimate of drug-likeness (QED) is 0.711. The van der Waals surface area contributed by atoms with Crippen LogP contribution in [0.3, 0.4) is 0 Å². The minimum atomic E-state index is -0.0871. The Morgan fingerprint density at radius 1 is 1.08 bits per heavy atom. The number of para-hydroxylation sites is 2. The Hall–Kier alpha value is -1.48. The van der Waals surface area contributed by atoms with Gasteiger partial charge in [0.25, 0.3) is 0 Å². The highest BCUT2D eigenvalue weighted by atomic mass is 32.1. The standard InChI is InChI=1S/C10H7O2S/c11-8-4-1-2-5-9(8)12-10-6-3-7-13-10/h1-7H. The van der Waals surface area contributed by atoms with Crippen LogP contribution in [0.4, 0.5) is 0 Å². The smallest absolute Gasteiger partial charge is 0.221 e. The SMILES string of the molecule is [O]c1ccccc1Oc1cccs1. The van der Waals surface area contributed by atoms with E-state index in [0.717, 1.165) is 5.06 Å². The number of hydrogen-bond donors (Lipinski definition) is 0. The highest BCUT2D eigenvalue weighted by Crippen LogP contribution is 2.32. The van der Waals surface area contributed by atoms with Crippen molar-refractivity contribution in [2.75, 3.05) is 0 Å². The first-order chi connectivity index (χ1) is 6.36. The van der Waals surface area contributed by atoms with Gasteiger partial charge in [-0.15, -0.1) is 11.3 Å². The third kappa shape index (κ3) is 1.81. The van der Waals surface area contributed by atoms with Crippen molar-refractivity contribution < 1.29 is 9.84 Å². The summed E-state index contributed by atoms with van der Waals surface area (Å²) in [5.41, 5.74) is 0. The predicted octanol–water partition coefficient (Wildman–Crippen LogP) is 3.68. The second-order valence-electron chi connectivity index (χ2n) is 2.48. The average molecular weight is 191 g/mol. The zero-order valence-corrected chi connectivity index (χ0v) is 7.58. The third-order valence-corrected chi connectivity index (χ3v) is 2.30. The van der Waals surface area contributed by atoms with Crippen LogP contribution >= 0.6 is 11.3 Å². The summed E-state index contributed by atoms with van der Waals surface area (Å²) >= 11 is 1.47. The summed E-state index contributed by atoms with van der Waals surface area (Å²) < 4.78 is 5.36. The van der Waals surface area contributed by atoms with E-state index in [1.54, 1.807) is 18.2 Å². The van der Waals surface area contributed by atoms with E-state index in [2.05, 4.69) is 0 Å². The molecule has 0 unspecified atom stereocenters. The maximum atomic E-state index is 11.2. The Labute approximate surface area is 80.0 Å². The van der Waals surface area contributed by atoms with E-state index >= 15 is 0 Å². The lowest BCUT2D eigenvalue weighted by Crippen LogP contribution is -1.79. The van der Waals surface area contributed by atoms with Crippen LogP contribution in [0, 0.1) is 0 Å². The van der Waals surface area contributed by atoms with Crippen LogP contribution in [0.1, 0.15) is 0 Å². The van der Waals surface area contributed by atoms with E-state index in [4.69, 9.17) is 4.74 Å². The molecule has 2 rings (SSSR count). The molecule has 0 spiro atoms. The van der Waals surface area contributed by atoms with Crippen molar-refractivity contribution in [2.45, 2.75) is 0 Å². The number of benzene rings is 1. The van der Waals surface area contributed by atoms with Gasteiger partial charge in [0.1, 0.15) is 0 Å². The van der Waals surface area contributed by atoms with Crippen LogP contribution in [0.15, 0.2) is 41.8 Å². The van der Waals surface area contributed by atoms with Gasteiger partial charge in [-0.05, 0) is 29.6 Å². The van der Waals surface area contributed by atoms with Gasteiger partial charge >= 0.3 is 0 Å². The fourth-order valence-electron chi connectivity index (χ4n) is 0.964. The van der Waals surface area contributed by atoms with Gasteiger partial charge in [-0.1, -0.05) is 12.1 Å². The van der Waals surface area contributed by atoms with Gasteiger partial charge in [0.15, 0.2) is 10.8 Å². The molecule has 1 radical (unpaired) electrons. The first-order valence-electron chi connectivity index (χ1n) is 3.83. The zero-order valence-electron chi connectivity index (χ0n) is 6.77. The van der Waals surface area contributed by atoms with Crippen LogP contribution < -0.4 is 4.74 Å². The summed E-state index contributed by atoms with van der Waals surface area (Å²) in [6.07, 6.45) is 0. The lowest BCUT2D eigenvalue weighted by Gasteiger charge is -2.01. The molecule has 2 aromatic rings. The molecule has 0 saturated carbocycles. The summed E-state index contributed by atoms with van der Waals surface area (Å²) in [6.45, 7) is 0. The zero-order chi connectivity index (χ0) is 9.10. The van der Waals surface area contributed by atoms with E-state index in [0.29, 0.717) is 5.75 Å². The summed E-state index contributed by atoms with van der Waals surface area (Å²) in [7, 11) is 0. The predicted molar refractivity (Wildman–Crippen MR) is 51.0 cm³/mol. The van der Waals surface area contributed by atoms with Gasteiger partial charge in [0, 0.05) is 0 Å². The van der Waals surface area contributed by atoms with Gasteiger partial charge in [0.2, 0.25) is 5.75 Å². The maximum Gasteiger partial charge on any atom is 0.221 e. The van der Waals surface area contributed by atoms with Crippen molar-refractivity contribution >= 4 is 11.3 Å². The molecule has 2 nitrogen and oxygen atoms in total. The van der Waals surface area contributed by atoms with E-state index < -0.39 is 0 Å². The maximum absolute atomic E-state index is 11.2. The fourth-order valence-corrected chi connectivity index (χ4v) is 1.55. The molecule has 65 valence electrons. The van der Waals surface area contributed by atoms with Crippen molar-refractivity contribution in [3.05, 3.63) is 41.8 Å². The number of hydrogen-bond acceptors (Lipinski definition) is 2. The first kappa shape index (κ1) is 8.13. The van der Waals surface area contributed by atoms with Crippen molar-refractivity contribution in [2.24, 2.45) is 0 Å². The van der Waals surface area contributed by atoms with Crippen LogP contribution in [0.5, 0.6) is 16.6 Å². The van der Waals surface area contributed by atoms with E-state index in [1.807, 2.05) is 17.5 Å². The summed E-state index contributed by atoms with van der Waals surface area (Å²) in [5, 5.41) is 13.9. The summed E-state index contributed by atoms with van der Waals surface area (Å²) in [5.74, 6) is 0.292. The lowest BCUT2D eigenvalue weighted by molar-refractivity contribution is 0.330. The van der Waals surface area contributed by atoms with E-state index in [1.165, 1.54) is 17.4 Å². The van der Waals surface area contributed by atoms with Crippen LogP contribution in [0.2, 0.25) is 0 Å². The molecule has 0 amide bonds. The molecule has 1 aromatic carbocycles. The second kappa shape index (κ2) is 3.49. The van der Waals surface area contributed by atoms with E-state index in [-0.39, 0.29) is 5.75 Å². The monoisotopic (exact) mass is 191 g/mol. The molecule has 0 saturated heterocycles. The van der Waals surface area contributed by atoms with Crippen LogP contribution in [-0.2, 0) is 5.11 Å². The molecule has 0 aliphatic rings. The normalized spacial score (nSPS) is 9.85. The Balaban J connectivity index is 2.24. The van der Waals surface area contributed by atoms with Gasteiger partial charge < -0.3 is 4.74 Å². The Kier molecular flexibility index (Phi) is 2.19. The van der Waals surface area contributed by atoms with Crippen molar-refractivity contribution in [1.82, 2.24) is 0 Å². The highest BCUT2D eigenvalue weighted by Gasteiger charge is 2.03. The second-order valence-corrected chi connectivity index (χ2v) is 3.39. The summed E-state index contributed by atoms with van der Waals surface area (Å²) in [4.78, 5) is 0. The average Bonchev–Trinajstić information content (AvgIpc) is 2.61. The van der Waals surface area contributed by atoms with Crippen molar-refractivity contribution in [3.63, 3.8) is 0 Å². The third-order valence-electron chi connectivity index (χ3n) is 1.55. The molecule has 0 N–H and O–H groups in total. The van der Waals surface area contributed by atoms with Crippen molar-refractivity contribution in [1.29, 1.82) is 0 Å². The molecule has 3 heteroatoms. The molecular weight excluding hydrogens is 184 g/mol. The molecule has 0 bridgehead atoms. The molecule has 0 aliphatic carbocycles. The molecule has 0 atom stereocenters. The largest absolute Gasteiger partial charge is 0.443 e. The Morgan fingerprint density at radius 2 is 1.92 bits per heavy atom. The highest BCUT2D eigenvalue weighted by molar-refractivity contribution is 7.11. The molecular formula is C10H7O2S. The number of thiophene rings is 1. The molecule has 1 heterocycles. The van der Waals surface area contributed by atoms with Crippen LogP contribution in [0.25, 0.3) is 0 Å². The van der Waals surface area contributed by atoms with Gasteiger partial charge in [0.05, 0.1) is 0 Å². The lowest BCUT2D eigenvalue weighted by atomic mass is 10.3. The first-order valence-corrected chi connectivity index (χ1v) is 4.71. The summed E-state index contributed by atoms with van der Waals surface area (Å²) in [6, 6.07) is 10.4. The van der Waals surface area contributed by atoms with Gasteiger partial charge in [-0.25, -0.2) is 0 Å². The van der Waals surface area contributed by atoms with E-state index in [9.17, 15) is 5.11 Å². The fraction of sp³-hybridized carbons (Fsp3) is 0. The van der Waals surface area contributed by atoms with Gasteiger partial charge in [-0.3, -0.25) is 5.11 Å². The Bertz CT molecular complexity index is 382. The Morgan fingerprint density at radius 3 is 2.62 bits per heavy atom. The molecule has 13 heavy (non-hydrogen) atoms. The van der Waals surface area contributed by atoms with Crippen molar-refractivity contribution in [3.8, 4) is 16.6 Å². The molecule has 0 fully saturated rings.